The van der Waals surface area contributed by atoms with Crippen molar-refractivity contribution in [3.63, 3.8) is 0 Å². The van der Waals surface area contributed by atoms with Crippen molar-refractivity contribution in [2.75, 3.05) is 0 Å². The molecule has 0 saturated heterocycles. The fraction of sp³-hybridized carbons (Fsp3) is 0.222. The molecule has 0 aliphatic heterocycles. The van der Waals surface area contributed by atoms with Gasteiger partial charge in [0.05, 0.1) is 0 Å². The predicted octanol–water partition coefficient (Wildman–Crippen LogP) is 1.68. The van der Waals surface area contributed by atoms with Gasteiger partial charge in [-0.2, -0.15) is 0 Å². The summed E-state index contributed by atoms with van der Waals surface area (Å²) in [6, 6.07) is 8.81. The fourth-order valence-electron chi connectivity index (χ4n) is 0.996. The second-order valence-corrected chi connectivity index (χ2v) is 2.73. The molecule has 0 unspecified atom stereocenters. The molecule has 0 atom stereocenters. The van der Waals surface area contributed by atoms with Crippen LogP contribution in [0.4, 0.5) is 0 Å². The van der Waals surface area contributed by atoms with Gasteiger partial charge in [0, 0.05) is 5.56 Å². The minimum atomic E-state index is 0.433. The summed E-state index contributed by atoms with van der Waals surface area (Å²) in [5, 5.41) is 0. The van der Waals surface area contributed by atoms with Crippen molar-refractivity contribution in [1.82, 2.24) is 0 Å². The van der Waals surface area contributed by atoms with Crippen LogP contribution in [0.3, 0.4) is 0 Å². The van der Waals surface area contributed by atoms with Gasteiger partial charge in [0.15, 0.2) is 0 Å². The molecule has 0 saturated carbocycles. The third-order valence-electron chi connectivity index (χ3n) is 1.57. The zero-order valence-electron chi connectivity index (χ0n) is 6.42. The zero-order valence-corrected chi connectivity index (χ0v) is 7.24. The van der Waals surface area contributed by atoms with E-state index in [1.54, 1.807) is 0 Å². The predicted molar refractivity (Wildman–Crippen MR) is 50.5 cm³/mol. The van der Waals surface area contributed by atoms with Crippen LogP contribution in [-0.2, 0) is 6.42 Å². The Bertz CT molecular complexity index is 268. The van der Waals surface area contributed by atoms with E-state index in [1.807, 2.05) is 18.2 Å². The van der Waals surface area contributed by atoms with Gasteiger partial charge < -0.3 is 5.73 Å². The van der Waals surface area contributed by atoms with Crippen molar-refractivity contribution in [3.05, 3.63) is 35.4 Å². The summed E-state index contributed by atoms with van der Waals surface area (Å²) in [6.45, 7) is 2.07. The van der Waals surface area contributed by atoms with Crippen molar-refractivity contribution in [2.24, 2.45) is 5.73 Å². The molecular formula is C9H10NS. The molecular weight excluding hydrogens is 154 g/mol. The van der Waals surface area contributed by atoms with Crippen LogP contribution in [0.2, 0.25) is 0 Å². The van der Waals surface area contributed by atoms with Crippen molar-refractivity contribution >= 4 is 17.2 Å². The molecule has 0 aliphatic carbocycles. The Hall–Kier alpha value is -0.890. The lowest BCUT2D eigenvalue weighted by Gasteiger charge is -2.03. The highest BCUT2D eigenvalue weighted by Crippen LogP contribution is 2.07. The van der Waals surface area contributed by atoms with E-state index in [-0.39, 0.29) is 0 Å². The van der Waals surface area contributed by atoms with Crippen LogP contribution in [0.25, 0.3) is 0 Å². The monoisotopic (exact) mass is 164 g/mol. The van der Waals surface area contributed by atoms with Gasteiger partial charge in [-0.05, 0) is 18.1 Å². The van der Waals surface area contributed by atoms with E-state index in [4.69, 9.17) is 18.0 Å². The summed E-state index contributed by atoms with van der Waals surface area (Å²) in [5.41, 5.74) is 7.54. The normalized spacial score (nSPS) is 9.55. The zero-order chi connectivity index (χ0) is 8.27. The van der Waals surface area contributed by atoms with Crippen molar-refractivity contribution in [3.8, 4) is 0 Å². The van der Waals surface area contributed by atoms with Crippen LogP contribution < -0.4 is 5.73 Å². The van der Waals surface area contributed by atoms with Crippen LogP contribution in [0.5, 0.6) is 0 Å². The highest BCUT2D eigenvalue weighted by Gasteiger charge is 2.00. The molecule has 57 valence electrons. The second-order valence-electron chi connectivity index (χ2n) is 2.29. The Morgan fingerprint density at radius 3 is 2.91 bits per heavy atom. The average Bonchev–Trinajstić information content (AvgIpc) is 2.04. The van der Waals surface area contributed by atoms with E-state index < -0.39 is 0 Å². The number of hydrogen-bond donors (Lipinski definition) is 1. The number of hydrogen-bond acceptors (Lipinski definition) is 1. The van der Waals surface area contributed by atoms with Gasteiger partial charge >= 0.3 is 0 Å². The first-order chi connectivity index (χ1) is 5.25. The van der Waals surface area contributed by atoms with E-state index in [0.29, 0.717) is 4.99 Å². The van der Waals surface area contributed by atoms with Gasteiger partial charge in [-0.1, -0.05) is 37.3 Å². The second kappa shape index (κ2) is 3.49. The molecule has 0 bridgehead atoms. The minimum Gasteiger partial charge on any atom is -0.389 e. The summed E-state index contributed by atoms with van der Waals surface area (Å²) in [4.78, 5) is 0.433. The molecule has 1 aromatic rings. The Morgan fingerprint density at radius 1 is 1.73 bits per heavy atom. The molecule has 0 heterocycles. The molecule has 1 rings (SSSR count). The number of rotatable bonds is 2. The van der Waals surface area contributed by atoms with E-state index in [2.05, 4.69) is 13.0 Å². The van der Waals surface area contributed by atoms with Crippen LogP contribution in [0.1, 0.15) is 18.1 Å². The first kappa shape index (κ1) is 8.21. The minimum absolute atomic E-state index is 0.433. The van der Waals surface area contributed by atoms with Crippen LogP contribution in [-0.4, -0.2) is 4.99 Å². The molecule has 2 N–H and O–H groups in total. The molecule has 1 aromatic carbocycles. The van der Waals surface area contributed by atoms with E-state index in [0.717, 1.165) is 12.0 Å². The maximum Gasteiger partial charge on any atom is 0.104 e. The average molecular weight is 164 g/mol. The van der Waals surface area contributed by atoms with Gasteiger partial charge in [-0.3, -0.25) is 0 Å². The molecule has 0 aromatic heterocycles. The van der Waals surface area contributed by atoms with Gasteiger partial charge in [-0.15, -0.1) is 0 Å². The first-order valence-corrected chi connectivity index (χ1v) is 3.96. The quantitative estimate of drug-likeness (QED) is 0.673. The fourth-order valence-corrected chi connectivity index (χ4v) is 1.19. The smallest absolute Gasteiger partial charge is 0.104 e. The third kappa shape index (κ3) is 1.77. The molecule has 1 nitrogen and oxygen atoms in total. The highest BCUT2D eigenvalue weighted by atomic mass is 32.1. The van der Waals surface area contributed by atoms with Gasteiger partial charge in [-0.25, -0.2) is 0 Å². The van der Waals surface area contributed by atoms with E-state index in [9.17, 15) is 0 Å². The highest BCUT2D eigenvalue weighted by molar-refractivity contribution is 7.80. The largest absolute Gasteiger partial charge is 0.389 e. The summed E-state index contributed by atoms with van der Waals surface area (Å²) in [6.07, 6.45) is 0.948. The SMILES string of the molecule is CCc1ccc[c]c1C(N)=S. The summed E-state index contributed by atoms with van der Waals surface area (Å²) >= 11 is 4.86. The molecule has 0 spiro atoms. The molecule has 2 heteroatoms. The maximum absolute atomic E-state index is 5.49. The molecule has 0 aliphatic rings. The Labute approximate surface area is 72.2 Å². The lowest BCUT2D eigenvalue weighted by atomic mass is 10.1. The number of aryl methyl sites for hydroxylation is 1. The molecule has 0 fully saturated rings. The van der Waals surface area contributed by atoms with Crippen molar-refractivity contribution in [1.29, 1.82) is 0 Å². The molecule has 0 amide bonds. The summed E-state index contributed by atoms with van der Waals surface area (Å²) in [7, 11) is 0. The lowest BCUT2D eigenvalue weighted by Crippen LogP contribution is -2.11. The molecule has 1 radical (unpaired) electrons. The number of thiocarbonyl (C=S) groups is 1. The lowest BCUT2D eigenvalue weighted by molar-refractivity contribution is 1.13. The van der Waals surface area contributed by atoms with Crippen LogP contribution in [0, 0.1) is 6.07 Å². The third-order valence-corrected chi connectivity index (χ3v) is 1.77. The van der Waals surface area contributed by atoms with E-state index in [1.165, 1.54) is 5.56 Å². The van der Waals surface area contributed by atoms with Gasteiger partial charge in [0.25, 0.3) is 0 Å². The maximum atomic E-state index is 5.49. The number of benzene rings is 1. The van der Waals surface area contributed by atoms with Gasteiger partial charge in [0.1, 0.15) is 4.99 Å². The van der Waals surface area contributed by atoms with Crippen LogP contribution >= 0.6 is 12.2 Å². The Morgan fingerprint density at radius 2 is 2.45 bits per heavy atom. The van der Waals surface area contributed by atoms with Crippen LogP contribution in [0.15, 0.2) is 18.2 Å². The van der Waals surface area contributed by atoms with Crippen molar-refractivity contribution < 1.29 is 0 Å². The Kier molecular flexibility index (Phi) is 2.60. The first-order valence-electron chi connectivity index (χ1n) is 3.55. The summed E-state index contributed by atoms with van der Waals surface area (Å²) in [5.74, 6) is 0. The molecule has 11 heavy (non-hydrogen) atoms. The topological polar surface area (TPSA) is 26.0 Å². The van der Waals surface area contributed by atoms with Crippen molar-refractivity contribution in [2.45, 2.75) is 13.3 Å². The van der Waals surface area contributed by atoms with Gasteiger partial charge in [0.2, 0.25) is 0 Å². The summed E-state index contributed by atoms with van der Waals surface area (Å²) < 4.78 is 0. The van der Waals surface area contributed by atoms with E-state index >= 15 is 0 Å². The standard InChI is InChI=1S/C9H10NS/c1-2-7-5-3-4-6-8(7)9(10)11/h3-5H,2H2,1H3,(H2,10,11). The Balaban J connectivity index is 3.12. The number of nitrogens with two attached hydrogens (primary N) is 1.